The van der Waals surface area contributed by atoms with E-state index in [1.165, 1.54) is 62.6 Å². The van der Waals surface area contributed by atoms with Gasteiger partial charge in [-0.1, -0.05) is 50.5 Å². The van der Waals surface area contributed by atoms with Gasteiger partial charge in [0.1, 0.15) is 0 Å². The van der Waals surface area contributed by atoms with E-state index < -0.39 is 0 Å². The van der Waals surface area contributed by atoms with Crippen molar-refractivity contribution in [2.24, 2.45) is 5.92 Å². The number of nitrogens with one attached hydrogen (secondary N) is 1. The van der Waals surface area contributed by atoms with Gasteiger partial charge in [0.2, 0.25) is 0 Å². The lowest BCUT2D eigenvalue weighted by atomic mass is 10.0. The lowest BCUT2D eigenvalue weighted by Gasteiger charge is -2.17. The molecule has 1 atom stereocenters. The zero-order valence-electron chi connectivity index (χ0n) is 12.6. The third-order valence-electron chi connectivity index (χ3n) is 4.49. The molecule has 2 rings (SSSR count). The van der Waals surface area contributed by atoms with E-state index >= 15 is 0 Å². The van der Waals surface area contributed by atoms with Crippen LogP contribution in [0.25, 0.3) is 0 Å². The van der Waals surface area contributed by atoms with Crippen molar-refractivity contribution in [3.63, 3.8) is 0 Å². The lowest BCUT2D eigenvalue weighted by molar-refractivity contribution is 0.452. The Kier molecular flexibility index (Phi) is 5.91. The molecule has 1 heteroatoms. The number of hydrogen-bond donors (Lipinski definition) is 1. The summed E-state index contributed by atoms with van der Waals surface area (Å²) in [5, 5.41) is 3.70. The van der Waals surface area contributed by atoms with Crippen LogP contribution in [0.15, 0.2) is 24.3 Å². The first-order valence-corrected chi connectivity index (χ1v) is 8.12. The van der Waals surface area contributed by atoms with E-state index in [1.54, 1.807) is 0 Å². The predicted octanol–water partition coefficient (Wildman–Crippen LogP) is 4.87. The summed E-state index contributed by atoms with van der Waals surface area (Å²) < 4.78 is 0. The smallest absolute Gasteiger partial charge is 0.0291 e. The molecule has 1 nitrogen and oxygen atoms in total. The standard InChI is InChI=1S/C18H29N/c1-3-4-7-16-10-12-18(13-11-16)15(2)19-14-17-8-5-6-9-17/h10-13,15,17,19H,3-9,14H2,1-2H3. The topological polar surface area (TPSA) is 12.0 Å². The summed E-state index contributed by atoms with van der Waals surface area (Å²) in [6.07, 6.45) is 9.53. The van der Waals surface area contributed by atoms with Crippen LogP contribution in [0.1, 0.15) is 69.5 Å². The summed E-state index contributed by atoms with van der Waals surface area (Å²) in [4.78, 5) is 0. The van der Waals surface area contributed by atoms with E-state index in [4.69, 9.17) is 0 Å². The molecule has 0 spiro atoms. The number of rotatable bonds is 7. The van der Waals surface area contributed by atoms with Crippen LogP contribution in [0.4, 0.5) is 0 Å². The fourth-order valence-corrected chi connectivity index (χ4v) is 3.03. The fraction of sp³-hybridized carbons (Fsp3) is 0.667. The second-order valence-electron chi connectivity index (χ2n) is 6.13. The summed E-state index contributed by atoms with van der Waals surface area (Å²) in [7, 11) is 0. The Morgan fingerprint density at radius 1 is 1.16 bits per heavy atom. The maximum absolute atomic E-state index is 3.70. The van der Waals surface area contributed by atoms with Crippen molar-refractivity contribution < 1.29 is 0 Å². The first-order valence-electron chi connectivity index (χ1n) is 8.12. The van der Waals surface area contributed by atoms with Crippen LogP contribution in [0.3, 0.4) is 0 Å². The summed E-state index contributed by atoms with van der Waals surface area (Å²) in [6, 6.07) is 9.70. The normalized spacial score (nSPS) is 17.8. The van der Waals surface area contributed by atoms with E-state index in [2.05, 4.69) is 43.4 Å². The van der Waals surface area contributed by atoms with Gasteiger partial charge in [0.05, 0.1) is 0 Å². The van der Waals surface area contributed by atoms with E-state index in [1.807, 2.05) is 0 Å². The highest BCUT2D eigenvalue weighted by Crippen LogP contribution is 2.24. The van der Waals surface area contributed by atoms with Crippen LogP contribution in [0.2, 0.25) is 0 Å². The van der Waals surface area contributed by atoms with Gasteiger partial charge >= 0.3 is 0 Å². The van der Waals surface area contributed by atoms with Gasteiger partial charge in [-0.3, -0.25) is 0 Å². The highest BCUT2D eigenvalue weighted by molar-refractivity contribution is 5.24. The minimum absolute atomic E-state index is 0.487. The average Bonchev–Trinajstić information content (AvgIpc) is 2.96. The molecule has 1 aromatic rings. The van der Waals surface area contributed by atoms with Crippen molar-refractivity contribution in [1.29, 1.82) is 0 Å². The van der Waals surface area contributed by atoms with Crippen LogP contribution < -0.4 is 5.32 Å². The maximum Gasteiger partial charge on any atom is 0.0291 e. The number of unbranched alkanes of at least 4 members (excludes halogenated alkanes) is 1. The van der Waals surface area contributed by atoms with E-state index in [0.29, 0.717) is 6.04 Å². The Hall–Kier alpha value is -0.820. The molecule has 0 radical (unpaired) electrons. The average molecular weight is 259 g/mol. The van der Waals surface area contributed by atoms with Crippen LogP contribution in [-0.2, 0) is 6.42 Å². The molecule has 0 aromatic heterocycles. The third-order valence-corrected chi connectivity index (χ3v) is 4.49. The van der Waals surface area contributed by atoms with E-state index in [-0.39, 0.29) is 0 Å². The van der Waals surface area contributed by atoms with Crippen molar-refractivity contribution in [1.82, 2.24) is 5.32 Å². The molecule has 1 saturated carbocycles. The molecule has 106 valence electrons. The second-order valence-corrected chi connectivity index (χ2v) is 6.13. The second kappa shape index (κ2) is 7.69. The first-order chi connectivity index (χ1) is 9.29. The van der Waals surface area contributed by atoms with Crippen LogP contribution in [0.5, 0.6) is 0 Å². The Morgan fingerprint density at radius 3 is 2.47 bits per heavy atom. The summed E-state index contributed by atoms with van der Waals surface area (Å²) in [6.45, 7) is 5.73. The van der Waals surface area contributed by atoms with Crippen molar-refractivity contribution >= 4 is 0 Å². The molecule has 1 aliphatic carbocycles. The molecular weight excluding hydrogens is 230 g/mol. The van der Waals surface area contributed by atoms with Crippen molar-refractivity contribution in [3.05, 3.63) is 35.4 Å². The third kappa shape index (κ3) is 4.65. The number of aryl methyl sites for hydroxylation is 1. The molecule has 0 amide bonds. The van der Waals surface area contributed by atoms with Crippen LogP contribution in [0, 0.1) is 5.92 Å². The minimum atomic E-state index is 0.487. The fourth-order valence-electron chi connectivity index (χ4n) is 3.03. The minimum Gasteiger partial charge on any atom is -0.310 e. The van der Waals surface area contributed by atoms with Crippen molar-refractivity contribution in [3.8, 4) is 0 Å². The van der Waals surface area contributed by atoms with Crippen molar-refractivity contribution in [2.75, 3.05) is 6.54 Å². The molecule has 1 aromatic carbocycles. The van der Waals surface area contributed by atoms with Gasteiger partial charge in [-0.2, -0.15) is 0 Å². The van der Waals surface area contributed by atoms with Gasteiger partial charge in [0.25, 0.3) is 0 Å². The Bertz CT molecular complexity index is 348. The quantitative estimate of drug-likeness (QED) is 0.736. The van der Waals surface area contributed by atoms with Crippen LogP contribution >= 0.6 is 0 Å². The van der Waals surface area contributed by atoms with Gasteiger partial charge in [0.15, 0.2) is 0 Å². The predicted molar refractivity (Wildman–Crippen MR) is 83.4 cm³/mol. The van der Waals surface area contributed by atoms with Crippen LogP contribution in [-0.4, -0.2) is 6.54 Å². The molecule has 0 heterocycles. The highest BCUT2D eigenvalue weighted by atomic mass is 14.9. The van der Waals surface area contributed by atoms with Gasteiger partial charge in [-0.25, -0.2) is 0 Å². The van der Waals surface area contributed by atoms with Gasteiger partial charge < -0.3 is 5.32 Å². The molecule has 0 aliphatic heterocycles. The zero-order chi connectivity index (χ0) is 13.5. The lowest BCUT2D eigenvalue weighted by Crippen LogP contribution is -2.24. The summed E-state index contributed by atoms with van der Waals surface area (Å²) in [5.41, 5.74) is 2.91. The monoisotopic (exact) mass is 259 g/mol. The molecule has 1 N–H and O–H groups in total. The molecule has 1 unspecified atom stereocenters. The maximum atomic E-state index is 3.70. The number of hydrogen-bond acceptors (Lipinski definition) is 1. The molecule has 0 bridgehead atoms. The molecule has 0 saturated heterocycles. The zero-order valence-corrected chi connectivity index (χ0v) is 12.6. The Labute approximate surface area is 118 Å². The SMILES string of the molecule is CCCCc1ccc(C(C)NCC2CCCC2)cc1. The van der Waals surface area contributed by atoms with Gasteiger partial charge in [-0.05, 0) is 56.2 Å². The summed E-state index contributed by atoms with van der Waals surface area (Å²) >= 11 is 0. The summed E-state index contributed by atoms with van der Waals surface area (Å²) in [5.74, 6) is 0.922. The molecular formula is C18H29N. The van der Waals surface area contributed by atoms with E-state index in [0.717, 1.165) is 5.92 Å². The van der Waals surface area contributed by atoms with E-state index in [9.17, 15) is 0 Å². The van der Waals surface area contributed by atoms with Gasteiger partial charge in [0, 0.05) is 6.04 Å². The Morgan fingerprint density at radius 2 is 1.84 bits per heavy atom. The van der Waals surface area contributed by atoms with Crippen molar-refractivity contribution in [2.45, 2.75) is 64.8 Å². The number of benzene rings is 1. The largest absolute Gasteiger partial charge is 0.310 e. The van der Waals surface area contributed by atoms with Gasteiger partial charge in [-0.15, -0.1) is 0 Å². The molecule has 19 heavy (non-hydrogen) atoms. The molecule has 1 aliphatic rings. The molecule has 1 fully saturated rings. The first kappa shape index (κ1) is 14.6. The Balaban J connectivity index is 1.79. The highest BCUT2D eigenvalue weighted by Gasteiger charge is 2.15.